The van der Waals surface area contributed by atoms with Crippen LogP contribution in [0.2, 0.25) is 0 Å². The van der Waals surface area contributed by atoms with E-state index in [1.807, 2.05) is 19.2 Å². The van der Waals surface area contributed by atoms with Crippen LogP contribution < -0.4 is 15.0 Å². The molecular weight excluding hydrogens is 360 g/mol. The zero-order chi connectivity index (χ0) is 18.3. The lowest BCUT2D eigenvalue weighted by atomic mass is 10.1. The first-order valence-corrected chi connectivity index (χ1v) is 10.5. The van der Waals surface area contributed by atoms with E-state index >= 15 is 0 Å². The Kier molecular flexibility index (Phi) is 6.86. The number of hydrogen-bond donors (Lipinski definition) is 2. The number of hydrazine groups is 1. The number of hydrogen-bond acceptors (Lipinski definition) is 5. The molecule has 8 heteroatoms. The lowest BCUT2D eigenvalue weighted by Crippen LogP contribution is -2.41. The molecule has 0 aromatic heterocycles. The molecule has 0 radical (unpaired) electrons. The van der Waals surface area contributed by atoms with Crippen molar-refractivity contribution in [1.82, 2.24) is 10.3 Å². The highest BCUT2D eigenvalue weighted by Crippen LogP contribution is 2.15. The average molecular weight is 380 g/mol. The number of nitrogens with one attached hydrogen (secondary N) is 2. The molecule has 2 aromatic carbocycles. The minimum atomic E-state index is -3.86. The molecule has 0 aliphatic heterocycles. The highest BCUT2D eigenvalue weighted by atomic mass is 32.2. The van der Waals surface area contributed by atoms with E-state index < -0.39 is 15.9 Å². The quantitative estimate of drug-likeness (QED) is 0.688. The maximum atomic E-state index is 12.2. The smallest absolute Gasteiger partial charge is 0.266 e. The molecule has 134 valence electrons. The average Bonchev–Trinajstić information content (AvgIpc) is 2.61. The van der Waals surface area contributed by atoms with Crippen LogP contribution in [0.4, 0.5) is 0 Å². The summed E-state index contributed by atoms with van der Waals surface area (Å²) in [5.74, 6) is 0.840. The Morgan fingerprint density at radius 3 is 2.52 bits per heavy atom. The molecule has 0 aliphatic carbocycles. The van der Waals surface area contributed by atoms with Crippen molar-refractivity contribution >= 4 is 27.7 Å². The highest BCUT2D eigenvalue weighted by Gasteiger charge is 2.16. The van der Waals surface area contributed by atoms with Crippen LogP contribution >= 0.6 is 11.8 Å². The van der Waals surface area contributed by atoms with Crippen LogP contribution in [0.3, 0.4) is 0 Å². The van der Waals surface area contributed by atoms with Crippen LogP contribution in [-0.2, 0) is 15.8 Å². The highest BCUT2D eigenvalue weighted by molar-refractivity contribution is 7.97. The number of ether oxygens (including phenoxy) is 1. The van der Waals surface area contributed by atoms with Crippen LogP contribution in [0.25, 0.3) is 0 Å². The largest absolute Gasteiger partial charge is 0.494 e. The predicted octanol–water partition coefficient (Wildman–Crippen LogP) is 2.57. The van der Waals surface area contributed by atoms with E-state index in [-0.39, 0.29) is 4.90 Å². The summed E-state index contributed by atoms with van der Waals surface area (Å²) in [6.07, 6.45) is 1.97. The second-order valence-corrected chi connectivity index (χ2v) is 7.65. The molecule has 0 fully saturated rings. The number of benzene rings is 2. The van der Waals surface area contributed by atoms with E-state index in [1.165, 1.54) is 12.1 Å². The van der Waals surface area contributed by atoms with Crippen LogP contribution in [0.15, 0.2) is 53.4 Å². The third kappa shape index (κ3) is 5.48. The second-order valence-electron chi connectivity index (χ2n) is 5.10. The van der Waals surface area contributed by atoms with Crippen molar-refractivity contribution in [2.45, 2.75) is 17.6 Å². The summed E-state index contributed by atoms with van der Waals surface area (Å²) in [4.78, 5) is 14.3. The molecule has 0 unspecified atom stereocenters. The topological polar surface area (TPSA) is 84.5 Å². The van der Waals surface area contributed by atoms with Crippen LogP contribution in [0, 0.1) is 0 Å². The Labute approximate surface area is 152 Å². The molecule has 25 heavy (non-hydrogen) atoms. The van der Waals surface area contributed by atoms with Gasteiger partial charge in [0.05, 0.1) is 11.5 Å². The first kappa shape index (κ1) is 19.3. The van der Waals surface area contributed by atoms with Gasteiger partial charge in [0, 0.05) is 11.3 Å². The van der Waals surface area contributed by atoms with Crippen molar-refractivity contribution in [2.24, 2.45) is 0 Å². The summed E-state index contributed by atoms with van der Waals surface area (Å²) in [5.41, 5.74) is 3.62. The molecule has 0 saturated carbocycles. The number of rotatable bonds is 8. The molecule has 0 heterocycles. The maximum absolute atomic E-state index is 12.2. The maximum Gasteiger partial charge on any atom is 0.266 e. The summed E-state index contributed by atoms with van der Waals surface area (Å²) < 4.78 is 29.7. The van der Waals surface area contributed by atoms with Gasteiger partial charge in [-0.2, -0.15) is 11.8 Å². The molecule has 0 atom stereocenters. The van der Waals surface area contributed by atoms with Crippen molar-refractivity contribution in [3.63, 3.8) is 0 Å². The Balaban J connectivity index is 2.03. The summed E-state index contributed by atoms with van der Waals surface area (Å²) in [5, 5.41) is 0. The Morgan fingerprint density at radius 1 is 1.16 bits per heavy atom. The number of sulfonamides is 1. The van der Waals surface area contributed by atoms with Gasteiger partial charge < -0.3 is 4.74 Å². The van der Waals surface area contributed by atoms with E-state index in [9.17, 15) is 13.2 Å². The van der Waals surface area contributed by atoms with Gasteiger partial charge in [0.2, 0.25) is 0 Å². The fourth-order valence-corrected chi connectivity index (χ4v) is 3.45. The van der Waals surface area contributed by atoms with E-state index in [0.29, 0.717) is 17.9 Å². The summed E-state index contributed by atoms with van der Waals surface area (Å²) in [6.45, 7) is 2.34. The minimum Gasteiger partial charge on any atom is -0.494 e. The molecular formula is C17H20N2O4S2. The van der Waals surface area contributed by atoms with Gasteiger partial charge in [0.1, 0.15) is 5.75 Å². The third-order valence-corrected chi connectivity index (χ3v) is 5.13. The first-order valence-electron chi connectivity index (χ1n) is 7.59. The fourth-order valence-electron chi connectivity index (χ4n) is 2.10. The van der Waals surface area contributed by atoms with Gasteiger partial charge in [-0.15, -0.1) is 4.83 Å². The van der Waals surface area contributed by atoms with Gasteiger partial charge in [0.25, 0.3) is 15.9 Å². The van der Waals surface area contributed by atoms with E-state index in [0.717, 1.165) is 11.3 Å². The summed E-state index contributed by atoms with van der Waals surface area (Å²) >= 11 is 1.64. The SMILES string of the molecule is CCOc1ccc(S(=O)(=O)NNC(=O)c2cccc(CSC)c2)cc1. The monoisotopic (exact) mass is 380 g/mol. The van der Waals surface area contributed by atoms with Gasteiger partial charge in [0.15, 0.2) is 0 Å². The van der Waals surface area contributed by atoms with Crippen molar-refractivity contribution in [3.05, 3.63) is 59.7 Å². The zero-order valence-corrected chi connectivity index (χ0v) is 15.6. The number of carbonyl (C=O) groups is 1. The molecule has 0 bridgehead atoms. The number of thioether (sulfide) groups is 1. The van der Waals surface area contributed by atoms with Gasteiger partial charge in [-0.3, -0.25) is 10.2 Å². The lowest BCUT2D eigenvalue weighted by Gasteiger charge is -2.10. The number of carbonyl (C=O) groups excluding carboxylic acids is 1. The molecule has 0 spiro atoms. The van der Waals surface area contributed by atoms with Gasteiger partial charge in [-0.1, -0.05) is 12.1 Å². The first-order chi connectivity index (χ1) is 12.0. The Bertz CT molecular complexity index is 821. The summed E-state index contributed by atoms with van der Waals surface area (Å²) in [6, 6.07) is 13.0. The predicted molar refractivity (Wildman–Crippen MR) is 99.1 cm³/mol. The molecule has 0 aliphatic rings. The lowest BCUT2D eigenvalue weighted by molar-refractivity contribution is 0.0945. The molecule has 2 aromatic rings. The molecule has 6 nitrogen and oxygen atoms in total. The standard InChI is InChI=1S/C17H20N2O4S2/c1-3-23-15-7-9-16(10-8-15)25(21,22)19-18-17(20)14-6-4-5-13(11-14)12-24-2/h4-11,19H,3,12H2,1-2H3,(H,18,20). The van der Waals surface area contributed by atoms with Crippen molar-refractivity contribution < 1.29 is 17.9 Å². The van der Waals surface area contributed by atoms with Crippen molar-refractivity contribution in [1.29, 1.82) is 0 Å². The van der Waals surface area contributed by atoms with Crippen LogP contribution in [0.5, 0.6) is 5.75 Å². The Hall–Kier alpha value is -2.03. The number of amides is 1. The molecule has 2 rings (SSSR count). The third-order valence-electron chi connectivity index (χ3n) is 3.24. The minimum absolute atomic E-state index is 0.0346. The van der Waals surface area contributed by atoms with E-state index in [2.05, 4.69) is 10.3 Å². The van der Waals surface area contributed by atoms with Crippen LogP contribution in [-0.4, -0.2) is 27.2 Å². The normalized spacial score (nSPS) is 11.1. The molecule has 2 N–H and O–H groups in total. The van der Waals surface area contributed by atoms with Crippen molar-refractivity contribution in [3.8, 4) is 5.75 Å². The van der Waals surface area contributed by atoms with Gasteiger partial charge in [-0.05, 0) is 55.1 Å². The summed E-state index contributed by atoms with van der Waals surface area (Å²) in [7, 11) is -3.86. The van der Waals surface area contributed by atoms with E-state index in [4.69, 9.17) is 4.74 Å². The van der Waals surface area contributed by atoms with Gasteiger partial charge >= 0.3 is 0 Å². The molecule has 1 amide bonds. The Morgan fingerprint density at radius 2 is 1.88 bits per heavy atom. The molecule has 0 saturated heterocycles. The fraction of sp³-hybridized carbons (Fsp3) is 0.235. The van der Waals surface area contributed by atoms with Gasteiger partial charge in [-0.25, -0.2) is 8.42 Å². The second kappa shape index (κ2) is 8.89. The van der Waals surface area contributed by atoms with Crippen molar-refractivity contribution in [2.75, 3.05) is 12.9 Å². The zero-order valence-electron chi connectivity index (χ0n) is 14.0. The van der Waals surface area contributed by atoms with E-state index in [1.54, 1.807) is 42.1 Å². The van der Waals surface area contributed by atoms with Crippen LogP contribution in [0.1, 0.15) is 22.8 Å².